The third kappa shape index (κ3) is 8.71. The van der Waals surface area contributed by atoms with Crippen LogP contribution >= 0.6 is 0 Å². The molecule has 11 heteroatoms. The average molecular weight is 408 g/mol. The molecule has 0 aliphatic carbocycles. The number of aliphatic carboxylic acids is 1. The number of carboxylic acid groups (broad SMARTS) is 2. The van der Waals surface area contributed by atoms with E-state index in [2.05, 4.69) is 0 Å². The molecule has 1 aromatic rings. The number of aliphatic hydroxyl groups excluding tert-OH is 1. The van der Waals surface area contributed by atoms with Gasteiger partial charge in [-0.3, -0.25) is 4.79 Å². The van der Waals surface area contributed by atoms with Crippen molar-refractivity contribution in [2.24, 2.45) is 5.92 Å². The minimum Gasteiger partial charge on any atom is -0.478 e. The summed E-state index contributed by atoms with van der Waals surface area (Å²) in [4.78, 5) is 33.2. The topological polar surface area (TPSA) is 141 Å². The van der Waals surface area contributed by atoms with E-state index in [-0.39, 0.29) is 18.0 Å². The smallest absolute Gasteiger partial charge is 0.478 e. The first-order chi connectivity index (χ1) is 12.7. The number of likely N-dealkylation sites (N-methyl/N-ethyl adjacent to an activating group) is 1. The van der Waals surface area contributed by atoms with E-state index in [1.807, 2.05) is 13.8 Å². The van der Waals surface area contributed by atoms with E-state index >= 15 is 0 Å². The number of halogens is 3. The van der Waals surface area contributed by atoms with Gasteiger partial charge in [-0.15, -0.1) is 0 Å². The van der Waals surface area contributed by atoms with Crippen LogP contribution in [0.15, 0.2) is 18.2 Å². The summed E-state index contributed by atoms with van der Waals surface area (Å²) in [6.07, 6.45) is -5.76. The van der Waals surface area contributed by atoms with Crippen molar-refractivity contribution < 1.29 is 42.9 Å². The summed E-state index contributed by atoms with van der Waals surface area (Å²) in [5, 5.41) is 25.9. The Morgan fingerprint density at radius 3 is 2.07 bits per heavy atom. The lowest BCUT2D eigenvalue weighted by atomic mass is 10.0. The first-order valence-corrected chi connectivity index (χ1v) is 8.01. The molecule has 0 saturated carbocycles. The lowest BCUT2D eigenvalue weighted by Crippen LogP contribution is -2.36. The summed E-state index contributed by atoms with van der Waals surface area (Å²) >= 11 is 0. The Bertz CT molecular complexity index is 707. The molecule has 0 radical (unpaired) electrons. The number of rotatable bonds is 6. The van der Waals surface area contributed by atoms with Gasteiger partial charge >= 0.3 is 18.1 Å². The van der Waals surface area contributed by atoms with Gasteiger partial charge in [0.1, 0.15) is 6.10 Å². The van der Waals surface area contributed by atoms with Crippen LogP contribution in [0.2, 0.25) is 0 Å². The van der Waals surface area contributed by atoms with Crippen molar-refractivity contribution in [3.63, 3.8) is 0 Å². The number of carbonyl (C=O) groups is 3. The van der Waals surface area contributed by atoms with Gasteiger partial charge in [0.05, 0.1) is 5.56 Å². The first kappa shape index (κ1) is 25.2. The summed E-state index contributed by atoms with van der Waals surface area (Å²) < 4.78 is 31.7. The van der Waals surface area contributed by atoms with E-state index in [9.17, 15) is 27.9 Å². The Hall–Kier alpha value is -2.82. The van der Waals surface area contributed by atoms with Crippen LogP contribution in [0, 0.1) is 5.92 Å². The van der Waals surface area contributed by atoms with E-state index in [1.54, 1.807) is 7.05 Å². The maximum atomic E-state index is 12.0. The first-order valence-electron chi connectivity index (χ1n) is 8.01. The van der Waals surface area contributed by atoms with Crippen LogP contribution in [0.25, 0.3) is 0 Å². The predicted molar refractivity (Wildman–Crippen MR) is 93.4 cm³/mol. The van der Waals surface area contributed by atoms with Crippen molar-refractivity contribution in [2.45, 2.75) is 39.1 Å². The van der Waals surface area contributed by atoms with E-state index in [1.165, 1.54) is 23.1 Å². The molecule has 5 N–H and O–H groups in total. The molecule has 0 bridgehead atoms. The predicted octanol–water partition coefficient (Wildman–Crippen LogP) is 1.97. The second-order valence-electron chi connectivity index (χ2n) is 6.36. The highest BCUT2D eigenvalue weighted by molar-refractivity contribution is 5.88. The van der Waals surface area contributed by atoms with Crippen LogP contribution < -0.4 is 5.73 Å². The van der Waals surface area contributed by atoms with E-state index in [0.717, 1.165) is 0 Å². The third-order valence-corrected chi connectivity index (χ3v) is 3.40. The average Bonchev–Trinajstić information content (AvgIpc) is 2.54. The fourth-order valence-corrected chi connectivity index (χ4v) is 2.01. The van der Waals surface area contributed by atoms with Crippen LogP contribution in [0.1, 0.15) is 36.2 Å². The van der Waals surface area contributed by atoms with Crippen LogP contribution in [-0.2, 0) is 16.1 Å². The van der Waals surface area contributed by atoms with Gasteiger partial charge in [-0.05, 0) is 36.1 Å². The molecule has 0 heterocycles. The summed E-state index contributed by atoms with van der Waals surface area (Å²) in [7, 11) is 1.55. The molecule has 158 valence electrons. The van der Waals surface area contributed by atoms with Crippen molar-refractivity contribution in [3.8, 4) is 0 Å². The monoisotopic (exact) mass is 408 g/mol. The summed E-state index contributed by atoms with van der Waals surface area (Å²) in [6.45, 7) is 4.00. The second-order valence-corrected chi connectivity index (χ2v) is 6.36. The SMILES string of the molecule is CC(C)CC(O)C(=O)N(C)Cc1cc(C(=O)O)ccc1N.O=C(O)C(F)(F)F. The molecule has 1 rings (SSSR count). The summed E-state index contributed by atoms with van der Waals surface area (Å²) in [6, 6.07) is 4.36. The maximum absolute atomic E-state index is 12.0. The van der Waals surface area contributed by atoms with Crippen molar-refractivity contribution in [1.82, 2.24) is 4.90 Å². The van der Waals surface area contributed by atoms with E-state index in [4.69, 9.17) is 20.7 Å². The maximum Gasteiger partial charge on any atom is 0.490 e. The summed E-state index contributed by atoms with van der Waals surface area (Å²) in [5.74, 6) is -4.00. The van der Waals surface area contributed by atoms with Gasteiger partial charge in [-0.25, -0.2) is 9.59 Å². The number of carbonyl (C=O) groups excluding carboxylic acids is 1. The van der Waals surface area contributed by atoms with E-state index < -0.39 is 30.1 Å². The van der Waals surface area contributed by atoms with Gasteiger partial charge in [0, 0.05) is 19.3 Å². The normalized spacial score (nSPS) is 12.0. The molecule has 0 aromatic heterocycles. The molecular weight excluding hydrogens is 385 g/mol. The number of carboxylic acids is 2. The lowest BCUT2D eigenvalue weighted by Gasteiger charge is -2.22. The zero-order valence-electron chi connectivity index (χ0n) is 15.5. The number of hydrogen-bond acceptors (Lipinski definition) is 5. The number of aliphatic hydroxyl groups is 1. The standard InChI is InChI=1S/C15H22N2O4.C2HF3O2/c1-9(2)6-13(18)14(19)17(3)8-11-7-10(15(20)21)4-5-12(11)16;3-2(4,5)1(6)7/h4-5,7,9,13,18H,6,8,16H2,1-3H3,(H,20,21);(H,6,7). The van der Waals surface area contributed by atoms with Crippen LogP contribution in [0.5, 0.6) is 0 Å². The number of benzene rings is 1. The number of aromatic carboxylic acids is 1. The fourth-order valence-electron chi connectivity index (χ4n) is 2.01. The van der Waals surface area contributed by atoms with Gasteiger partial charge in [-0.1, -0.05) is 13.8 Å². The Balaban J connectivity index is 0.000000887. The Morgan fingerprint density at radius 1 is 1.18 bits per heavy atom. The molecule has 0 saturated heterocycles. The van der Waals surface area contributed by atoms with Crippen LogP contribution in [-0.4, -0.2) is 57.4 Å². The number of nitrogens with two attached hydrogens (primary N) is 1. The highest BCUT2D eigenvalue weighted by atomic mass is 19.4. The Labute approximate surface area is 159 Å². The highest BCUT2D eigenvalue weighted by Crippen LogP contribution is 2.17. The zero-order chi connectivity index (χ0) is 22.2. The van der Waals surface area contributed by atoms with E-state index in [0.29, 0.717) is 17.7 Å². The molecule has 0 aliphatic rings. The number of anilines is 1. The Kier molecular flexibility index (Phi) is 9.44. The van der Waals surface area contributed by atoms with Gasteiger partial charge in [0.15, 0.2) is 0 Å². The molecule has 1 aromatic carbocycles. The molecule has 1 amide bonds. The molecule has 8 nitrogen and oxygen atoms in total. The minimum atomic E-state index is -5.08. The van der Waals surface area contributed by atoms with Crippen molar-refractivity contribution in [3.05, 3.63) is 29.3 Å². The van der Waals surface area contributed by atoms with Crippen molar-refractivity contribution in [1.29, 1.82) is 0 Å². The quantitative estimate of drug-likeness (QED) is 0.527. The minimum absolute atomic E-state index is 0.114. The lowest BCUT2D eigenvalue weighted by molar-refractivity contribution is -0.192. The van der Waals surface area contributed by atoms with Crippen LogP contribution in [0.3, 0.4) is 0 Å². The molecular formula is C17H23F3N2O6. The molecule has 0 aliphatic heterocycles. The fraction of sp³-hybridized carbons (Fsp3) is 0.471. The number of amides is 1. The number of nitrogen functional groups attached to an aromatic ring is 1. The van der Waals surface area contributed by atoms with Crippen LogP contribution in [0.4, 0.5) is 18.9 Å². The number of alkyl halides is 3. The number of hydrogen-bond donors (Lipinski definition) is 4. The molecule has 28 heavy (non-hydrogen) atoms. The van der Waals surface area contributed by atoms with Crippen molar-refractivity contribution >= 4 is 23.5 Å². The largest absolute Gasteiger partial charge is 0.490 e. The third-order valence-electron chi connectivity index (χ3n) is 3.40. The summed E-state index contributed by atoms with van der Waals surface area (Å²) in [5.41, 5.74) is 6.87. The van der Waals surface area contributed by atoms with Gasteiger partial charge < -0.3 is 26.0 Å². The van der Waals surface area contributed by atoms with Gasteiger partial charge in [-0.2, -0.15) is 13.2 Å². The molecule has 1 unspecified atom stereocenters. The second kappa shape index (κ2) is 10.5. The van der Waals surface area contributed by atoms with Gasteiger partial charge in [0.2, 0.25) is 0 Å². The zero-order valence-corrected chi connectivity index (χ0v) is 15.5. The molecule has 1 atom stereocenters. The Morgan fingerprint density at radius 2 is 1.68 bits per heavy atom. The van der Waals surface area contributed by atoms with Gasteiger partial charge in [0.25, 0.3) is 5.91 Å². The number of nitrogens with zero attached hydrogens (tertiary/aromatic N) is 1. The highest BCUT2D eigenvalue weighted by Gasteiger charge is 2.38. The van der Waals surface area contributed by atoms with Crippen molar-refractivity contribution in [2.75, 3.05) is 12.8 Å². The molecule has 0 fully saturated rings. The molecule has 0 spiro atoms.